The van der Waals surface area contributed by atoms with Gasteiger partial charge in [0.2, 0.25) is 0 Å². The van der Waals surface area contributed by atoms with E-state index >= 15 is 0 Å². The molecular formula is C23H14F4N2O2. The van der Waals surface area contributed by atoms with Crippen molar-refractivity contribution < 1.29 is 27.1 Å². The van der Waals surface area contributed by atoms with Crippen LogP contribution in [0.2, 0.25) is 0 Å². The third-order valence-electron chi connectivity index (χ3n) is 4.45. The summed E-state index contributed by atoms with van der Waals surface area (Å²) in [6.07, 6.45) is -4.81. The number of benzene rings is 3. The highest BCUT2D eigenvalue weighted by atomic mass is 19.4. The molecule has 1 amide bonds. The zero-order valence-electron chi connectivity index (χ0n) is 15.8. The number of fused-ring (bicyclic) bond motifs is 1. The van der Waals surface area contributed by atoms with Crippen molar-refractivity contribution in [3.05, 3.63) is 90.2 Å². The minimum absolute atomic E-state index is 0.118. The second kappa shape index (κ2) is 8.06. The van der Waals surface area contributed by atoms with Crippen LogP contribution in [-0.2, 0) is 0 Å². The van der Waals surface area contributed by atoms with Crippen molar-refractivity contribution in [2.75, 3.05) is 5.32 Å². The highest BCUT2D eigenvalue weighted by Gasteiger charge is 2.31. The molecule has 0 aliphatic carbocycles. The molecule has 0 aliphatic heterocycles. The van der Waals surface area contributed by atoms with Gasteiger partial charge in [-0.3, -0.25) is 4.79 Å². The number of para-hydroxylation sites is 1. The number of nitrogens with one attached hydrogen (secondary N) is 1. The molecule has 0 radical (unpaired) electrons. The molecule has 1 aromatic heterocycles. The number of pyridine rings is 1. The Kier molecular flexibility index (Phi) is 5.29. The number of hydrogen-bond donors (Lipinski definition) is 1. The maximum Gasteiger partial charge on any atom is 0.573 e. The number of alkyl halides is 3. The normalized spacial score (nSPS) is 11.4. The van der Waals surface area contributed by atoms with Gasteiger partial charge in [-0.15, -0.1) is 13.2 Å². The maximum absolute atomic E-state index is 13.9. The SMILES string of the molecule is O=C(Nc1cccc2ccc(-c3cccc(OC(F)(F)F)c3)nc12)c1ccccc1F. The summed E-state index contributed by atoms with van der Waals surface area (Å²) in [5.41, 5.74) is 1.42. The van der Waals surface area contributed by atoms with Crippen molar-refractivity contribution in [2.45, 2.75) is 6.36 Å². The highest BCUT2D eigenvalue weighted by Crippen LogP contribution is 2.30. The number of carbonyl (C=O) groups is 1. The summed E-state index contributed by atoms with van der Waals surface area (Å²) in [6, 6.07) is 19.5. The van der Waals surface area contributed by atoms with Crippen molar-refractivity contribution in [3.8, 4) is 17.0 Å². The van der Waals surface area contributed by atoms with Crippen LogP contribution in [0.3, 0.4) is 0 Å². The lowest BCUT2D eigenvalue weighted by atomic mass is 10.1. The summed E-state index contributed by atoms with van der Waals surface area (Å²) in [7, 11) is 0. The first kappa shape index (κ1) is 20.3. The van der Waals surface area contributed by atoms with Crippen molar-refractivity contribution in [1.82, 2.24) is 4.98 Å². The second-order valence-electron chi connectivity index (χ2n) is 6.58. The van der Waals surface area contributed by atoms with Crippen LogP contribution in [0.4, 0.5) is 23.2 Å². The van der Waals surface area contributed by atoms with E-state index in [2.05, 4.69) is 15.0 Å². The molecule has 0 aliphatic rings. The number of halogens is 4. The Morgan fingerprint density at radius 2 is 1.68 bits per heavy atom. The van der Waals surface area contributed by atoms with E-state index in [9.17, 15) is 22.4 Å². The molecular weight excluding hydrogens is 412 g/mol. The van der Waals surface area contributed by atoms with Gasteiger partial charge in [-0.25, -0.2) is 9.37 Å². The van der Waals surface area contributed by atoms with Gasteiger partial charge in [0, 0.05) is 10.9 Å². The minimum atomic E-state index is -4.81. The van der Waals surface area contributed by atoms with E-state index in [0.717, 1.165) is 0 Å². The van der Waals surface area contributed by atoms with Crippen LogP contribution in [0.15, 0.2) is 78.9 Å². The first-order valence-electron chi connectivity index (χ1n) is 9.12. The van der Waals surface area contributed by atoms with Gasteiger partial charge < -0.3 is 10.1 Å². The fraction of sp³-hybridized carbons (Fsp3) is 0.0435. The number of nitrogens with zero attached hydrogens (tertiary/aromatic N) is 1. The van der Waals surface area contributed by atoms with E-state index in [1.807, 2.05) is 0 Å². The molecule has 1 N–H and O–H groups in total. The third-order valence-corrected chi connectivity index (χ3v) is 4.45. The molecule has 4 nitrogen and oxygen atoms in total. The lowest BCUT2D eigenvalue weighted by Gasteiger charge is -2.12. The Balaban J connectivity index is 1.70. The van der Waals surface area contributed by atoms with Gasteiger partial charge in [-0.1, -0.05) is 42.5 Å². The molecule has 0 atom stereocenters. The van der Waals surface area contributed by atoms with Gasteiger partial charge in [0.15, 0.2) is 0 Å². The number of carbonyl (C=O) groups excluding carboxylic acids is 1. The smallest absolute Gasteiger partial charge is 0.406 e. The monoisotopic (exact) mass is 426 g/mol. The first-order valence-corrected chi connectivity index (χ1v) is 9.12. The molecule has 4 aromatic rings. The fourth-order valence-corrected chi connectivity index (χ4v) is 3.10. The number of ether oxygens (including phenoxy) is 1. The quantitative estimate of drug-likeness (QED) is 0.396. The minimum Gasteiger partial charge on any atom is -0.406 e. The molecule has 31 heavy (non-hydrogen) atoms. The van der Waals surface area contributed by atoms with Gasteiger partial charge in [0.1, 0.15) is 11.6 Å². The standard InChI is InChI=1S/C23H14F4N2O2/c24-18-9-2-1-8-17(18)22(30)29-20-10-4-5-14-11-12-19(28-21(14)20)15-6-3-7-16(13-15)31-23(25,26)27/h1-13H,(H,29,30). The van der Waals surface area contributed by atoms with Crippen molar-refractivity contribution in [2.24, 2.45) is 0 Å². The molecule has 4 rings (SSSR count). The summed E-state index contributed by atoms with van der Waals surface area (Å²) in [4.78, 5) is 17.0. The Bertz CT molecular complexity index is 1270. The van der Waals surface area contributed by atoms with Crippen molar-refractivity contribution in [1.29, 1.82) is 0 Å². The molecule has 0 fully saturated rings. The summed E-state index contributed by atoms with van der Waals surface area (Å²) in [5, 5.41) is 3.34. The zero-order chi connectivity index (χ0) is 22.0. The van der Waals surface area contributed by atoms with E-state index in [-0.39, 0.29) is 11.3 Å². The Hall–Kier alpha value is -3.94. The van der Waals surface area contributed by atoms with E-state index in [0.29, 0.717) is 27.8 Å². The van der Waals surface area contributed by atoms with E-state index in [4.69, 9.17) is 0 Å². The zero-order valence-corrected chi connectivity index (χ0v) is 15.8. The number of aromatic nitrogens is 1. The third kappa shape index (κ3) is 4.63. The Morgan fingerprint density at radius 3 is 2.45 bits per heavy atom. The van der Waals surface area contributed by atoms with Gasteiger partial charge in [0.05, 0.1) is 22.5 Å². The highest BCUT2D eigenvalue weighted by molar-refractivity contribution is 6.08. The van der Waals surface area contributed by atoms with Crippen LogP contribution < -0.4 is 10.1 Å². The topological polar surface area (TPSA) is 51.2 Å². The molecule has 156 valence electrons. The van der Waals surface area contributed by atoms with Crippen LogP contribution in [-0.4, -0.2) is 17.3 Å². The van der Waals surface area contributed by atoms with Crippen molar-refractivity contribution >= 4 is 22.5 Å². The van der Waals surface area contributed by atoms with Gasteiger partial charge in [0.25, 0.3) is 5.91 Å². The number of rotatable bonds is 4. The van der Waals surface area contributed by atoms with Crippen LogP contribution in [0.5, 0.6) is 5.75 Å². The first-order chi connectivity index (χ1) is 14.8. The molecule has 0 saturated carbocycles. The summed E-state index contributed by atoms with van der Waals surface area (Å²) < 4.78 is 55.5. The predicted molar refractivity (Wildman–Crippen MR) is 108 cm³/mol. The molecule has 3 aromatic carbocycles. The maximum atomic E-state index is 13.9. The second-order valence-corrected chi connectivity index (χ2v) is 6.58. The van der Waals surface area contributed by atoms with Gasteiger partial charge >= 0.3 is 6.36 Å². The van der Waals surface area contributed by atoms with Crippen LogP contribution in [0, 0.1) is 5.82 Å². The van der Waals surface area contributed by atoms with E-state index in [1.54, 1.807) is 42.5 Å². The predicted octanol–water partition coefficient (Wildman–Crippen LogP) is 6.19. The lowest BCUT2D eigenvalue weighted by molar-refractivity contribution is -0.274. The summed E-state index contributed by atoms with van der Waals surface area (Å²) in [5.74, 6) is -1.67. The van der Waals surface area contributed by atoms with Gasteiger partial charge in [-0.2, -0.15) is 0 Å². The average molecular weight is 426 g/mol. The molecule has 1 heterocycles. The summed E-state index contributed by atoms with van der Waals surface area (Å²) >= 11 is 0. The lowest BCUT2D eigenvalue weighted by Crippen LogP contribution is -2.17. The molecule has 0 saturated heterocycles. The largest absolute Gasteiger partial charge is 0.573 e. The average Bonchev–Trinajstić information content (AvgIpc) is 2.73. The molecule has 0 bridgehead atoms. The van der Waals surface area contributed by atoms with Crippen LogP contribution in [0.1, 0.15) is 10.4 Å². The van der Waals surface area contributed by atoms with Crippen LogP contribution >= 0.6 is 0 Å². The fourth-order valence-electron chi connectivity index (χ4n) is 3.10. The molecule has 0 unspecified atom stereocenters. The number of hydrogen-bond acceptors (Lipinski definition) is 3. The van der Waals surface area contributed by atoms with Crippen LogP contribution in [0.25, 0.3) is 22.2 Å². The number of anilines is 1. The summed E-state index contributed by atoms with van der Waals surface area (Å²) in [6.45, 7) is 0. The van der Waals surface area contributed by atoms with Gasteiger partial charge in [-0.05, 0) is 36.4 Å². The van der Waals surface area contributed by atoms with E-state index in [1.165, 1.54) is 36.4 Å². The Labute approximate surface area is 174 Å². The van der Waals surface area contributed by atoms with E-state index < -0.39 is 18.1 Å². The van der Waals surface area contributed by atoms with Crippen molar-refractivity contribution in [3.63, 3.8) is 0 Å². The Morgan fingerprint density at radius 1 is 0.903 bits per heavy atom. The number of amides is 1. The molecule has 0 spiro atoms. The molecule has 8 heteroatoms.